The van der Waals surface area contributed by atoms with Crippen LogP contribution in [0.15, 0.2) is 143 Å². The van der Waals surface area contributed by atoms with Crippen LogP contribution in [-0.2, 0) is 43.0 Å². The maximum Gasteiger partial charge on any atom is 0.338 e. The molecule has 39 heteroatoms. The summed E-state index contributed by atoms with van der Waals surface area (Å²) in [4.78, 5) is 104. The Bertz CT molecular complexity index is 4510. The summed E-state index contributed by atoms with van der Waals surface area (Å²) in [5, 5.41) is 43.7. The van der Waals surface area contributed by atoms with Gasteiger partial charge in [0.2, 0.25) is 0 Å². The number of likely N-dealkylation sites (tertiary alicyclic amines) is 3. The number of hydrogen-bond donors (Lipinski definition) is 6. The number of thiazole rings is 3. The Morgan fingerprint density at radius 2 is 0.843 bits per heavy atom. The molecule has 6 aromatic rings. The molecule has 0 unspecified atom stereocenters. The van der Waals surface area contributed by atoms with Crippen molar-refractivity contribution in [1.29, 1.82) is 0 Å². The van der Waals surface area contributed by atoms with Crippen LogP contribution in [0.5, 0.6) is 0 Å². The lowest BCUT2D eigenvalue weighted by molar-refractivity contribution is -0.139. The van der Waals surface area contributed by atoms with E-state index in [0.717, 1.165) is 6.07 Å². The van der Waals surface area contributed by atoms with E-state index in [1.807, 2.05) is 0 Å². The zero-order valence-corrected chi connectivity index (χ0v) is 68.3. The highest BCUT2D eigenvalue weighted by Crippen LogP contribution is 2.45. The number of amidine groups is 3. The Hall–Kier alpha value is -8.33. The van der Waals surface area contributed by atoms with E-state index in [2.05, 4.69) is 51.8 Å². The molecule has 6 aliphatic heterocycles. The molecule has 0 saturated carbocycles. The fraction of sp³-hybridized carbons (Fsp3) is 0.447. The number of alkyl halides is 6. The fourth-order valence-electron chi connectivity index (χ4n) is 14.4. The van der Waals surface area contributed by atoms with Gasteiger partial charge in [0.25, 0.3) is 17.8 Å². The van der Waals surface area contributed by atoms with Crippen molar-refractivity contribution in [3.8, 4) is 0 Å². The summed E-state index contributed by atoms with van der Waals surface area (Å²) < 4.78 is 131. The minimum Gasteiger partial charge on any atom is -0.481 e. The zero-order chi connectivity index (χ0) is 83.1. The van der Waals surface area contributed by atoms with Gasteiger partial charge in [0.05, 0.1) is 57.2 Å². The molecule has 618 valence electrons. The first-order valence-electron chi connectivity index (χ1n) is 36.4. The number of carboxylic acids is 3. The summed E-state index contributed by atoms with van der Waals surface area (Å²) >= 11 is 26.3. The number of carboxylic acid groups (broad SMARTS) is 3. The molecule has 0 aliphatic carbocycles. The summed E-state index contributed by atoms with van der Waals surface area (Å²) in [6.45, 7) is 0.178. The van der Waals surface area contributed by atoms with Crippen LogP contribution in [0.25, 0.3) is 0 Å². The van der Waals surface area contributed by atoms with E-state index >= 15 is 0 Å². The predicted octanol–water partition coefficient (Wildman–Crippen LogP) is 15.4. The molecule has 9 heterocycles. The first-order chi connectivity index (χ1) is 54.7. The van der Waals surface area contributed by atoms with Crippen LogP contribution in [-0.4, -0.2) is 194 Å². The first kappa shape index (κ1) is 89.0. The second-order valence-corrected chi connectivity index (χ2v) is 32.5. The van der Waals surface area contributed by atoms with E-state index in [1.165, 1.54) is 78.6 Å². The van der Waals surface area contributed by atoms with Gasteiger partial charge in [-0.2, -0.15) is 0 Å². The highest BCUT2D eigenvalue weighted by Gasteiger charge is 2.49. The normalized spacial score (nSPS) is 21.2. The van der Waals surface area contributed by atoms with E-state index in [1.54, 1.807) is 74.6 Å². The van der Waals surface area contributed by atoms with Crippen molar-refractivity contribution in [2.45, 2.75) is 157 Å². The minimum absolute atomic E-state index is 0.000557. The zero-order valence-electron chi connectivity index (χ0n) is 62.0. The Balaban J connectivity index is 0.000000182. The Morgan fingerprint density at radius 1 is 0.504 bits per heavy atom. The maximum atomic E-state index is 14.6. The number of ether oxygens (including phenoxy) is 3. The highest BCUT2D eigenvalue weighted by atomic mass is 79.9. The van der Waals surface area contributed by atoms with Gasteiger partial charge in [-0.3, -0.25) is 44.1 Å². The highest BCUT2D eigenvalue weighted by molar-refractivity contribution is 9.10. The third-order valence-electron chi connectivity index (χ3n) is 19.4. The largest absolute Gasteiger partial charge is 0.481 e. The second-order valence-electron chi connectivity index (χ2n) is 27.7. The number of aliphatic carboxylic acids is 3. The average Bonchev–Trinajstić information content (AvgIpc) is 1.69. The number of methoxy groups -OCH3 is 2. The van der Waals surface area contributed by atoms with E-state index in [4.69, 9.17) is 74.3 Å². The summed E-state index contributed by atoms with van der Waals surface area (Å²) in [7, 11) is 2.42. The van der Waals surface area contributed by atoms with Crippen LogP contribution in [0.4, 0.5) is 35.1 Å². The molecule has 6 N–H and O–H groups in total. The molecule has 3 aromatic heterocycles. The SMILES string of the molecule is CCOC(=O)C1=C(CN2CC(F)(F)C[C@H]2CCCCC(=O)O)NC(c2nccs2)=N[C@H]1c1ccc(Cl)cc1Cl.COC(=O)C1=C(CN2CC(F)(F)C[C@H]2CCCCC(=O)O)NC(c2nccs2)=N[C@H]1c1ccc(F)cc1Br.COC(=O)C1=C(CN2CC(F)(F)C[C@H]2CCCCC(=O)O)NC(c2nccs2)=N[C@H]1c1ccc(F)cc1Cl. The van der Waals surface area contributed by atoms with Crippen molar-refractivity contribution >= 4 is 138 Å². The lowest BCUT2D eigenvalue weighted by Gasteiger charge is -2.31. The lowest BCUT2D eigenvalue weighted by Crippen LogP contribution is -2.41. The number of carbonyl (C=O) groups excluding carboxylic acids is 3. The number of esters is 3. The van der Waals surface area contributed by atoms with Crippen LogP contribution >= 0.6 is 84.7 Å². The van der Waals surface area contributed by atoms with Gasteiger partial charge in [0, 0.05) is 159 Å². The number of benzene rings is 3. The smallest absolute Gasteiger partial charge is 0.338 e. The monoisotopic (exact) mass is 1780 g/mol. The van der Waals surface area contributed by atoms with Crippen molar-refractivity contribution in [3.05, 3.63) is 186 Å². The van der Waals surface area contributed by atoms with Crippen LogP contribution in [0.2, 0.25) is 15.1 Å². The number of nitrogens with zero attached hydrogens (tertiary/aromatic N) is 9. The predicted molar refractivity (Wildman–Crippen MR) is 420 cm³/mol. The summed E-state index contributed by atoms with van der Waals surface area (Å²) in [6, 6.07) is 8.30. The molecule has 0 radical (unpaired) electrons. The lowest BCUT2D eigenvalue weighted by atomic mass is 9.95. The summed E-state index contributed by atoms with van der Waals surface area (Å²) in [5.41, 5.74) is 2.73. The first-order valence-corrected chi connectivity index (χ1v) is 40.9. The topological polar surface area (TPSA) is 312 Å². The summed E-state index contributed by atoms with van der Waals surface area (Å²) in [5.74, 6) is -13.6. The van der Waals surface area contributed by atoms with Crippen molar-refractivity contribution in [1.82, 2.24) is 45.6 Å². The van der Waals surface area contributed by atoms with Gasteiger partial charge >= 0.3 is 35.8 Å². The molecular weight excluding hydrogens is 1710 g/mol. The summed E-state index contributed by atoms with van der Waals surface area (Å²) in [6.07, 6.45) is 7.45. The van der Waals surface area contributed by atoms with E-state index in [9.17, 15) is 63.9 Å². The molecular formula is C76H80BrCl3F8N12O12S3. The molecule has 6 aliphatic rings. The minimum atomic E-state index is -2.94. The Kier molecular flexibility index (Phi) is 31.1. The van der Waals surface area contributed by atoms with Crippen molar-refractivity contribution in [2.75, 3.05) is 60.1 Å². The van der Waals surface area contributed by atoms with Gasteiger partial charge in [-0.25, -0.2) is 64.5 Å². The molecule has 6 atom stereocenters. The number of halogens is 12. The molecule has 3 saturated heterocycles. The molecule has 24 nitrogen and oxygen atoms in total. The fourth-order valence-corrected chi connectivity index (χ4v) is 17.5. The molecule has 115 heavy (non-hydrogen) atoms. The molecule has 0 amide bonds. The molecule has 12 rings (SSSR count). The van der Waals surface area contributed by atoms with E-state index in [0.29, 0.717) is 139 Å². The second kappa shape index (κ2) is 40.2. The molecule has 0 bridgehead atoms. The van der Waals surface area contributed by atoms with Gasteiger partial charge in [0.1, 0.15) is 29.8 Å². The van der Waals surface area contributed by atoms with Crippen LogP contribution in [0.3, 0.4) is 0 Å². The number of carbonyl (C=O) groups is 6. The molecule has 3 fully saturated rings. The van der Waals surface area contributed by atoms with Gasteiger partial charge in [0.15, 0.2) is 32.5 Å². The average molecular weight is 1790 g/mol. The van der Waals surface area contributed by atoms with Gasteiger partial charge < -0.3 is 45.5 Å². The van der Waals surface area contributed by atoms with E-state index < -0.39 is 121 Å². The van der Waals surface area contributed by atoms with Crippen LogP contribution in [0.1, 0.15) is 153 Å². The third kappa shape index (κ3) is 24.0. The number of unbranched alkanes of at least 4 members (excludes halogenated alkanes) is 3. The van der Waals surface area contributed by atoms with Crippen molar-refractivity contribution in [3.63, 3.8) is 0 Å². The Labute approximate surface area is 690 Å². The molecule has 0 spiro atoms. The van der Waals surface area contributed by atoms with Gasteiger partial charge in [-0.1, -0.05) is 88.2 Å². The van der Waals surface area contributed by atoms with Crippen molar-refractivity contribution < 1.29 is 93.4 Å². The number of aromatic nitrogens is 3. The van der Waals surface area contributed by atoms with Crippen LogP contribution < -0.4 is 16.0 Å². The third-order valence-corrected chi connectivity index (χ3v) is 23.3. The van der Waals surface area contributed by atoms with Gasteiger partial charge in [-0.05, 0) is 87.4 Å². The Morgan fingerprint density at radius 3 is 1.17 bits per heavy atom. The number of rotatable bonds is 31. The van der Waals surface area contributed by atoms with E-state index in [-0.39, 0.29) is 86.5 Å². The van der Waals surface area contributed by atoms with Crippen molar-refractivity contribution in [2.24, 2.45) is 15.0 Å². The number of nitrogens with one attached hydrogen (secondary N) is 3. The number of hydrogen-bond acceptors (Lipinski definition) is 24. The standard InChI is InChI=1S/C26H28Cl2F2N4O4S.C25H26BrF3N4O4S.C25H26ClF3N4O4S/c1-2-38-25(37)21-19(13-34-14-26(29,30)12-16(34)5-3-4-6-20(35)36)32-23(24-31-9-10-39-24)33-22(21)17-8-7-15(27)11-18(17)28;2*1-37-24(36)20-18(12-33-13-25(28,29)11-15(33)4-2-3-5-19(34)35)31-22(23-30-8-9-38-23)32-21(20)16-7-6-14(27)10-17(16)26/h7-11,16,22H,2-6,12-14H2,1H3,(H,32,33)(H,35,36);2*6-10,15,21H,2-5,11-13H2,1H3,(H,31,32)(H,34,35)/t16-,22+;2*15-,21+/m111/s1. The molecule has 3 aromatic carbocycles. The van der Waals surface area contributed by atoms with Crippen LogP contribution in [0, 0.1) is 11.6 Å². The van der Waals surface area contributed by atoms with Gasteiger partial charge in [-0.15, -0.1) is 34.0 Å². The quantitative estimate of drug-likeness (QED) is 0.0102. The number of aliphatic imine (C=N–C) groups is 3. The maximum absolute atomic E-state index is 14.6.